The highest BCUT2D eigenvalue weighted by Gasteiger charge is 2.50. The molecule has 1 amide bonds. The molecule has 2 atom stereocenters. The minimum absolute atomic E-state index is 0.123. The molecule has 2 bridgehead atoms. The van der Waals surface area contributed by atoms with Crippen LogP contribution in [0.1, 0.15) is 45.6 Å². The summed E-state index contributed by atoms with van der Waals surface area (Å²) < 4.78 is 10.3. The van der Waals surface area contributed by atoms with Crippen molar-refractivity contribution in [1.82, 2.24) is 4.90 Å². The topological polar surface area (TPSA) is 79.6 Å². The number of esters is 1. The van der Waals surface area contributed by atoms with Crippen LogP contribution in [0.2, 0.25) is 0 Å². The first-order valence-electron chi connectivity index (χ1n) is 9.87. The van der Waals surface area contributed by atoms with Crippen LogP contribution in [0.25, 0.3) is 6.08 Å². The van der Waals surface area contributed by atoms with Gasteiger partial charge in [-0.15, -0.1) is 0 Å². The number of carbonyl (C=O) groups excluding carboxylic acids is 2. The normalized spacial score (nSPS) is 25.3. The quantitative estimate of drug-likeness (QED) is 0.432. The molecule has 1 aliphatic heterocycles. The average molecular weight is 396 g/mol. The molecule has 1 saturated heterocycles. The van der Waals surface area contributed by atoms with Gasteiger partial charge in [0.25, 0.3) is 5.91 Å². The van der Waals surface area contributed by atoms with E-state index in [2.05, 4.69) is 20.8 Å². The monoisotopic (exact) mass is 396 g/mol. The second-order valence-electron chi connectivity index (χ2n) is 9.25. The number of carbonyl (C=O) groups is 2. The lowest BCUT2D eigenvalue weighted by molar-refractivity contribution is -0.149. The first kappa shape index (κ1) is 20.9. The third-order valence-corrected chi connectivity index (χ3v) is 5.83. The van der Waals surface area contributed by atoms with Crippen molar-refractivity contribution in [3.63, 3.8) is 0 Å². The van der Waals surface area contributed by atoms with Crippen molar-refractivity contribution in [1.29, 1.82) is 5.26 Å². The largest absolute Gasteiger partial charge is 0.497 e. The summed E-state index contributed by atoms with van der Waals surface area (Å²) in [5, 5.41) is 9.31. The second-order valence-corrected chi connectivity index (χ2v) is 9.25. The maximum absolute atomic E-state index is 12.7. The van der Waals surface area contributed by atoms with E-state index in [1.54, 1.807) is 31.4 Å². The third kappa shape index (κ3) is 4.79. The van der Waals surface area contributed by atoms with Crippen molar-refractivity contribution < 1.29 is 19.1 Å². The van der Waals surface area contributed by atoms with E-state index in [4.69, 9.17) is 9.47 Å². The smallest absolute Gasteiger partial charge is 0.349 e. The fraction of sp³-hybridized carbons (Fsp3) is 0.522. The zero-order valence-electron chi connectivity index (χ0n) is 17.5. The van der Waals surface area contributed by atoms with Crippen LogP contribution in [-0.4, -0.2) is 43.1 Å². The van der Waals surface area contributed by atoms with Gasteiger partial charge in [-0.3, -0.25) is 4.79 Å². The van der Waals surface area contributed by atoms with Gasteiger partial charge in [0.05, 0.1) is 7.11 Å². The molecule has 154 valence electrons. The second kappa shape index (κ2) is 7.90. The zero-order valence-corrected chi connectivity index (χ0v) is 17.5. The number of likely N-dealkylation sites (tertiary alicyclic amines) is 1. The molecule has 0 spiro atoms. The van der Waals surface area contributed by atoms with E-state index in [9.17, 15) is 14.9 Å². The van der Waals surface area contributed by atoms with E-state index < -0.39 is 5.97 Å². The van der Waals surface area contributed by atoms with Gasteiger partial charge in [-0.05, 0) is 53.9 Å². The van der Waals surface area contributed by atoms with E-state index in [-0.39, 0.29) is 35.0 Å². The number of amides is 1. The van der Waals surface area contributed by atoms with E-state index in [0.717, 1.165) is 19.3 Å². The molecule has 0 radical (unpaired) electrons. The molecular formula is C23H28N2O4. The standard InChI is InChI=1S/C23H28N2O4/c1-22(2)10-18-11-23(3,14-22)15-25(18)20(26)13-29-21(27)17(12-24)9-16-5-7-19(28-4)8-6-16/h5-9,18H,10-11,13-15H2,1-4H3/b17-9+. The zero-order chi connectivity index (χ0) is 21.2. The van der Waals surface area contributed by atoms with E-state index in [1.165, 1.54) is 6.08 Å². The van der Waals surface area contributed by atoms with Gasteiger partial charge >= 0.3 is 5.97 Å². The Labute approximate surface area is 172 Å². The van der Waals surface area contributed by atoms with Crippen LogP contribution in [0.5, 0.6) is 5.75 Å². The summed E-state index contributed by atoms with van der Waals surface area (Å²) in [6, 6.07) is 9.00. The van der Waals surface area contributed by atoms with E-state index >= 15 is 0 Å². The number of fused-ring (bicyclic) bond motifs is 2. The Kier molecular flexibility index (Phi) is 5.70. The number of methoxy groups -OCH3 is 1. The molecule has 1 aromatic rings. The third-order valence-electron chi connectivity index (χ3n) is 5.83. The first-order valence-corrected chi connectivity index (χ1v) is 9.87. The molecule has 29 heavy (non-hydrogen) atoms. The van der Waals surface area contributed by atoms with Crippen LogP contribution < -0.4 is 4.74 Å². The minimum atomic E-state index is -0.787. The summed E-state index contributed by atoms with van der Waals surface area (Å²) in [6.07, 6.45) is 4.49. The number of nitriles is 1. The van der Waals surface area contributed by atoms with Gasteiger partial charge in [0.15, 0.2) is 6.61 Å². The van der Waals surface area contributed by atoms with Gasteiger partial charge in [0.2, 0.25) is 0 Å². The van der Waals surface area contributed by atoms with Gasteiger partial charge in [0.1, 0.15) is 17.4 Å². The molecule has 2 fully saturated rings. The van der Waals surface area contributed by atoms with Crippen LogP contribution in [0, 0.1) is 22.2 Å². The molecule has 2 unspecified atom stereocenters. The van der Waals surface area contributed by atoms with E-state index in [0.29, 0.717) is 17.9 Å². The molecule has 1 heterocycles. The lowest BCUT2D eigenvalue weighted by Gasteiger charge is -2.39. The number of ether oxygens (including phenoxy) is 2. The Morgan fingerprint density at radius 3 is 2.55 bits per heavy atom. The van der Waals surface area contributed by atoms with Gasteiger partial charge in [-0.25, -0.2) is 4.79 Å². The summed E-state index contributed by atoms with van der Waals surface area (Å²) in [6.45, 7) is 7.08. The van der Waals surface area contributed by atoms with Crippen LogP contribution in [0.3, 0.4) is 0 Å². The molecule has 0 aromatic heterocycles. The van der Waals surface area contributed by atoms with Crippen molar-refractivity contribution in [3.05, 3.63) is 35.4 Å². The molecule has 1 saturated carbocycles. The highest BCUT2D eigenvalue weighted by molar-refractivity contribution is 5.98. The summed E-state index contributed by atoms with van der Waals surface area (Å²) in [5.74, 6) is -0.293. The lowest BCUT2D eigenvalue weighted by Crippen LogP contribution is -2.39. The lowest BCUT2D eigenvalue weighted by atomic mass is 9.65. The maximum atomic E-state index is 12.7. The minimum Gasteiger partial charge on any atom is -0.497 e. The van der Waals surface area contributed by atoms with E-state index in [1.807, 2.05) is 11.0 Å². The summed E-state index contributed by atoms with van der Waals surface area (Å²) in [4.78, 5) is 26.9. The molecule has 6 nitrogen and oxygen atoms in total. The summed E-state index contributed by atoms with van der Waals surface area (Å²) in [5.41, 5.74) is 0.863. The van der Waals surface area contributed by atoms with Gasteiger partial charge < -0.3 is 14.4 Å². The number of benzene rings is 1. The molecule has 3 rings (SSSR count). The number of rotatable bonds is 5. The van der Waals surface area contributed by atoms with Gasteiger partial charge in [-0.2, -0.15) is 5.26 Å². The molecule has 6 heteroatoms. The van der Waals surface area contributed by atoms with Crippen molar-refractivity contribution >= 4 is 18.0 Å². The SMILES string of the molecule is COc1ccc(/C=C(\C#N)C(=O)OCC(=O)N2CC3(C)CC2CC(C)(C)C3)cc1. The Morgan fingerprint density at radius 2 is 1.93 bits per heavy atom. The summed E-state index contributed by atoms with van der Waals surface area (Å²) in [7, 11) is 1.56. The van der Waals surface area contributed by atoms with Crippen LogP contribution in [0.4, 0.5) is 0 Å². The van der Waals surface area contributed by atoms with Crippen LogP contribution >= 0.6 is 0 Å². The predicted molar refractivity (Wildman–Crippen MR) is 109 cm³/mol. The van der Waals surface area contributed by atoms with Gasteiger partial charge in [0, 0.05) is 12.6 Å². The Balaban J connectivity index is 1.61. The Hall–Kier alpha value is -2.81. The average Bonchev–Trinajstić information content (AvgIpc) is 2.93. The highest BCUT2D eigenvalue weighted by atomic mass is 16.5. The molecule has 0 N–H and O–H groups in total. The highest BCUT2D eigenvalue weighted by Crippen LogP contribution is 2.52. The Bertz CT molecular complexity index is 866. The number of nitrogens with zero attached hydrogens (tertiary/aromatic N) is 2. The Morgan fingerprint density at radius 1 is 1.24 bits per heavy atom. The maximum Gasteiger partial charge on any atom is 0.349 e. The molecular weight excluding hydrogens is 368 g/mol. The van der Waals surface area contributed by atoms with Crippen LogP contribution in [-0.2, 0) is 14.3 Å². The molecule has 2 aliphatic rings. The number of hydrogen-bond acceptors (Lipinski definition) is 5. The van der Waals surface area contributed by atoms with Gasteiger partial charge in [-0.1, -0.05) is 32.9 Å². The molecule has 1 aliphatic carbocycles. The molecule has 1 aromatic carbocycles. The van der Waals surface area contributed by atoms with Crippen molar-refractivity contribution in [2.75, 3.05) is 20.3 Å². The first-order chi connectivity index (χ1) is 13.6. The van der Waals surface area contributed by atoms with Crippen molar-refractivity contribution in [3.8, 4) is 11.8 Å². The van der Waals surface area contributed by atoms with Crippen molar-refractivity contribution in [2.24, 2.45) is 10.8 Å². The predicted octanol–water partition coefficient (Wildman–Crippen LogP) is 3.57. The fourth-order valence-corrected chi connectivity index (χ4v) is 5.04. The van der Waals surface area contributed by atoms with Crippen molar-refractivity contribution in [2.45, 2.75) is 46.1 Å². The van der Waals surface area contributed by atoms with Crippen LogP contribution in [0.15, 0.2) is 29.8 Å². The summed E-state index contributed by atoms with van der Waals surface area (Å²) >= 11 is 0. The number of hydrogen-bond donors (Lipinski definition) is 0. The fourth-order valence-electron chi connectivity index (χ4n) is 5.04.